The molecule has 63 valence electrons. The van der Waals surface area contributed by atoms with Gasteiger partial charge < -0.3 is 10.4 Å². The van der Waals surface area contributed by atoms with Crippen molar-refractivity contribution in [1.29, 1.82) is 0 Å². The van der Waals surface area contributed by atoms with Crippen molar-refractivity contribution in [1.82, 2.24) is 5.32 Å². The van der Waals surface area contributed by atoms with Crippen LogP contribution in [0.5, 0.6) is 5.75 Å². The molecule has 1 aromatic rings. The van der Waals surface area contributed by atoms with Crippen LogP contribution in [-0.2, 0) is 11.3 Å². The first-order chi connectivity index (χ1) is 5.70. The van der Waals surface area contributed by atoms with E-state index < -0.39 is 0 Å². The molecule has 3 heteroatoms. The molecule has 0 heterocycles. The molecule has 1 aromatic carbocycles. The summed E-state index contributed by atoms with van der Waals surface area (Å²) < 4.78 is 0. The molecule has 0 aliphatic rings. The second-order valence-corrected chi connectivity index (χ2v) is 2.41. The number of hydrogen-bond acceptors (Lipinski definition) is 2. The Bertz CT molecular complexity index is 284. The van der Waals surface area contributed by atoms with Crippen LogP contribution >= 0.6 is 0 Å². The standard InChI is InChI=1S/C9H10NO2/c1-7(11)10-6-8-4-2-3-5-9(8)12/h2-5,12H,1,6H2,(H,10,11). The third-order valence-electron chi connectivity index (χ3n) is 1.47. The fraction of sp³-hybridized carbons (Fsp3) is 0.111. The van der Waals surface area contributed by atoms with Crippen molar-refractivity contribution in [2.24, 2.45) is 0 Å². The highest BCUT2D eigenvalue weighted by molar-refractivity contribution is 5.80. The Balaban J connectivity index is 2.63. The minimum atomic E-state index is -0.349. The molecule has 3 nitrogen and oxygen atoms in total. The zero-order valence-electron chi connectivity index (χ0n) is 6.58. The SMILES string of the molecule is [CH2]C(=O)NCc1ccccc1O. The number of hydrogen-bond donors (Lipinski definition) is 2. The minimum absolute atomic E-state index is 0.186. The Morgan fingerprint density at radius 1 is 1.50 bits per heavy atom. The lowest BCUT2D eigenvalue weighted by atomic mass is 10.2. The maximum atomic E-state index is 10.4. The van der Waals surface area contributed by atoms with Crippen molar-refractivity contribution in [2.75, 3.05) is 0 Å². The molecule has 0 unspecified atom stereocenters. The highest BCUT2D eigenvalue weighted by Gasteiger charge is 1.98. The van der Waals surface area contributed by atoms with Gasteiger partial charge in [-0.3, -0.25) is 4.79 Å². The van der Waals surface area contributed by atoms with E-state index in [1.54, 1.807) is 24.3 Å². The Morgan fingerprint density at radius 2 is 2.17 bits per heavy atom. The molecule has 0 saturated carbocycles. The number of rotatable bonds is 2. The summed E-state index contributed by atoms with van der Waals surface area (Å²) in [5.74, 6) is -0.162. The molecule has 0 spiro atoms. The maximum absolute atomic E-state index is 10.4. The van der Waals surface area contributed by atoms with Crippen LogP contribution in [0.15, 0.2) is 24.3 Å². The van der Waals surface area contributed by atoms with E-state index in [1.807, 2.05) is 0 Å². The molecule has 1 radical (unpaired) electrons. The van der Waals surface area contributed by atoms with Gasteiger partial charge in [0.15, 0.2) is 0 Å². The molecule has 12 heavy (non-hydrogen) atoms. The Labute approximate surface area is 71.0 Å². The van der Waals surface area contributed by atoms with Gasteiger partial charge in [0.05, 0.1) is 0 Å². The first-order valence-corrected chi connectivity index (χ1v) is 3.57. The van der Waals surface area contributed by atoms with Crippen LogP contribution in [0.3, 0.4) is 0 Å². The molecule has 2 N–H and O–H groups in total. The van der Waals surface area contributed by atoms with Gasteiger partial charge in [-0.1, -0.05) is 18.2 Å². The molecule has 1 rings (SSSR count). The Hall–Kier alpha value is -1.51. The topological polar surface area (TPSA) is 49.3 Å². The third kappa shape index (κ3) is 2.27. The number of carbonyl (C=O) groups excluding carboxylic acids is 1. The lowest BCUT2D eigenvalue weighted by Gasteiger charge is -2.03. The summed E-state index contributed by atoms with van der Waals surface area (Å²) in [6.07, 6.45) is 0. The van der Waals surface area contributed by atoms with Gasteiger partial charge in [0, 0.05) is 19.0 Å². The summed E-state index contributed by atoms with van der Waals surface area (Å²) >= 11 is 0. The summed E-state index contributed by atoms with van der Waals surface area (Å²) in [5.41, 5.74) is 0.689. The van der Waals surface area contributed by atoms with Crippen molar-refractivity contribution in [3.05, 3.63) is 36.8 Å². The number of nitrogens with one attached hydrogen (secondary N) is 1. The van der Waals surface area contributed by atoms with Crippen LogP contribution in [0.1, 0.15) is 5.56 Å². The van der Waals surface area contributed by atoms with E-state index in [4.69, 9.17) is 0 Å². The molecule has 0 aliphatic carbocycles. The highest BCUT2D eigenvalue weighted by Crippen LogP contribution is 2.14. The number of para-hydroxylation sites is 1. The average molecular weight is 164 g/mol. The fourth-order valence-corrected chi connectivity index (χ4v) is 0.854. The zero-order valence-corrected chi connectivity index (χ0v) is 6.58. The van der Waals surface area contributed by atoms with E-state index in [1.165, 1.54) is 0 Å². The van der Waals surface area contributed by atoms with E-state index >= 15 is 0 Å². The first-order valence-electron chi connectivity index (χ1n) is 3.57. The quantitative estimate of drug-likeness (QED) is 0.680. The molecule has 0 bridgehead atoms. The van der Waals surface area contributed by atoms with Crippen LogP contribution in [0.2, 0.25) is 0 Å². The van der Waals surface area contributed by atoms with Gasteiger partial charge in [-0.15, -0.1) is 0 Å². The normalized spacial score (nSPS) is 9.42. The van der Waals surface area contributed by atoms with Gasteiger partial charge in [-0.2, -0.15) is 0 Å². The number of carbonyl (C=O) groups is 1. The van der Waals surface area contributed by atoms with Gasteiger partial charge >= 0.3 is 0 Å². The minimum Gasteiger partial charge on any atom is -0.508 e. The Morgan fingerprint density at radius 3 is 2.75 bits per heavy atom. The first kappa shape index (κ1) is 8.59. The van der Waals surface area contributed by atoms with E-state index in [9.17, 15) is 9.90 Å². The lowest BCUT2D eigenvalue weighted by molar-refractivity contribution is -0.116. The van der Waals surface area contributed by atoms with Gasteiger partial charge in [0.1, 0.15) is 5.75 Å². The number of amides is 1. The summed E-state index contributed by atoms with van der Waals surface area (Å²) in [6, 6.07) is 6.84. The summed E-state index contributed by atoms with van der Waals surface area (Å²) in [5, 5.41) is 11.7. The summed E-state index contributed by atoms with van der Waals surface area (Å²) in [7, 11) is 0. The number of aromatic hydroxyl groups is 1. The number of benzene rings is 1. The largest absolute Gasteiger partial charge is 0.508 e. The maximum Gasteiger partial charge on any atom is 0.220 e. The molecular formula is C9H10NO2. The monoisotopic (exact) mass is 164 g/mol. The van der Waals surface area contributed by atoms with Crippen molar-refractivity contribution in [3.8, 4) is 5.75 Å². The summed E-state index contributed by atoms with van der Waals surface area (Å²) in [6.45, 7) is 3.47. The van der Waals surface area contributed by atoms with E-state index in [-0.39, 0.29) is 11.7 Å². The molecule has 0 fully saturated rings. The van der Waals surface area contributed by atoms with Crippen LogP contribution in [0.25, 0.3) is 0 Å². The van der Waals surface area contributed by atoms with Crippen molar-refractivity contribution >= 4 is 5.91 Å². The van der Waals surface area contributed by atoms with Gasteiger partial charge in [0.2, 0.25) is 5.91 Å². The third-order valence-corrected chi connectivity index (χ3v) is 1.47. The molecule has 0 saturated heterocycles. The van der Waals surface area contributed by atoms with Crippen molar-refractivity contribution in [2.45, 2.75) is 6.54 Å². The fourth-order valence-electron chi connectivity index (χ4n) is 0.854. The number of phenolic OH excluding ortho intramolecular Hbond substituents is 1. The lowest BCUT2D eigenvalue weighted by Crippen LogP contribution is -2.19. The highest BCUT2D eigenvalue weighted by atomic mass is 16.3. The van der Waals surface area contributed by atoms with Crippen LogP contribution < -0.4 is 5.32 Å². The molecule has 0 aromatic heterocycles. The molecular weight excluding hydrogens is 154 g/mol. The summed E-state index contributed by atoms with van der Waals surface area (Å²) in [4.78, 5) is 10.4. The van der Waals surface area contributed by atoms with Gasteiger partial charge in [-0.25, -0.2) is 0 Å². The van der Waals surface area contributed by atoms with Gasteiger partial charge in [-0.05, 0) is 6.07 Å². The average Bonchev–Trinajstić information content (AvgIpc) is 2.03. The number of phenols is 1. The van der Waals surface area contributed by atoms with E-state index in [0.717, 1.165) is 0 Å². The zero-order chi connectivity index (χ0) is 8.97. The second-order valence-electron chi connectivity index (χ2n) is 2.41. The van der Waals surface area contributed by atoms with Gasteiger partial charge in [0.25, 0.3) is 0 Å². The second kappa shape index (κ2) is 3.76. The molecule has 0 atom stereocenters. The van der Waals surface area contributed by atoms with Crippen LogP contribution in [0.4, 0.5) is 0 Å². The smallest absolute Gasteiger partial charge is 0.220 e. The predicted octanol–water partition coefficient (Wildman–Crippen LogP) is 0.842. The molecule has 1 amide bonds. The Kier molecular flexibility index (Phi) is 2.69. The van der Waals surface area contributed by atoms with E-state index in [2.05, 4.69) is 12.2 Å². The van der Waals surface area contributed by atoms with E-state index in [0.29, 0.717) is 12.1 Å². The van der Waals surface area contributed by atoms with Crippen molar-refractivity contribution < 1.29 is 9.90 Å². The molecule has 0 aliphatic heterocycles. The predicted molar refractivity (Wildman–Crippen MR) is 45.3 cm³/mol. The van der Waals surface area contributed by atoms with Crippen LogP contribution in [0, 0.1) is 6.92 Å². The van der Waals surface area contributed by atoms with Crippen LogP contribution in [-0.4, -0.2) is 11.0 Å². The van der Waals surface area contributed by atoms with Crippen molar-refractivity contribution in [3.63, 3.8) is 0 Å².